The van der Waals surface area contributed by atoms with Crippen LogP contribution >= 0.6 is 0 Å². The van der Waals surface area contributed by atoms with Gasteiger partial charge in [0, 0.05) is 41.0 Å². The van der Waals surface area contributed by atoms with Crippen molar-refractivity contribution in [1.82, 2.24) is 4.57 Å². The van der Waals surface area contributed by atoms with Crippen LogP contribution in [0.4, 0.5) is 11.4 Å². The number of carbonyl (C=O) groups is 1. The van der Waals surface area contributed by atoms with Crippen LogP contribution in [-0.2, 0) is 11.3 Å². The van der Waals surface area contributed by atoms with Crippen molar-refractivity contribution in [2.24, 2.45) is 5.10 Å². The van der Waals surface area contributed by atoms with Gasteiger partial charge in [0.15, 0.2) is 0 Å². The highest BCUT2D eigenvalue weighted by Gasteiger charge is 2.29. The molecule has 0 saturated heterocycles. The van der Waals surface area contributed by atoms with Crippen LogP contribution in [0.25, 0.3) is 17.0 Å². The number of hydrazone groups is 1. The Kier molecular flexibility index (Phi) is 6.56. The normalized spacial score (nSPS) is 15.4. The molecule has 7 heteroatoms. The fourth-order valence-electron chi connectivity index (χ4n) is 4.39. The molecular formula is C29H28N4O3. The second-order valence-electron chi connectivity index (χ2n) is 8.72. The first kappa shape index (κ1) is 23.4. The molecule has 0 fully saturated rings. The van der Waals surface area contributed by atoms with E-state index in [-0.39, 0.29) is 5.91 Å². The van der Waals surface area contributed by atoms with Gasteiger partial charge in [-0.1, -0.05) is 42.5 Å². The van der Waals surface area contributed by atoms with Gasteiger partial charge in [0.05, 0.1) is 36.7 Å². The number of rotatable bonds is 8. The van der Waals surface area contributed by atoms with Gasteiger partial charge in [-0.05, 0) is 43.3 Å². The number of anilines is 2. The van der Waals surface area contributed by atoms with Crippen LogP contribution in [0.3, 0.4) is 0 Å². The summed E-state index contributed by atoms with van der Waals surface area (Å²) < 4.78 is 7.29. The summed E-state index contributed by atoms with van der Waals surface area (Å²) in [5, 5.41) is 21.0. The van der Waals surface area contributed by atoms with Crippen LogP contribution in [-0.4, -0.2) is 41.1 Å². The van der Waals surface area contributed by atoms with Gasteiger partial charge >= 0.3 is 0 Å². The maximum atomic E-state index is 13.2. The molecule has 1 aliphatic rings. The zero-order valence-corrected chi connectivity index (χ0v) is 20.3. The van der Waals surface area contributed by atoms with Crippen molar-refractivity contribution >= 4 is 40.0 Å². The van der Waals surface area contributed by atoms with Gasteiger partial charge in [-0.3, -0.25) is 4.79 Å². The first-order valence-electron chi connectivity index (χ1n) is 11.8. The first-order valence-corrected chi connectivity index (χ1v) is 11.8. The maximum absolute atomic E-state index is 13.2. The third-order valence-corrected chi connectivity index (χ3v) is 6.20. The Hall–Kier alpha value is -4.36. The van der Waals surface area contributed by atoms with E-state index in [1.54, 1.807) is 7.11 Å². The number of carbonyl (C=O) groups excluding carboxylic acids is 1. The monoisotopic (exact) mass is 480 g/mol. The molecule has 0 unspecified atom stereocenters. The number of methoxy groups -OCH3 is 1. The molecular weight excluding hydrogens is 452 g/mol. The van der Waals surface area contributed by atoms with E-state index in [9.17, 15) is 9.90 Å². The smallest absolute Gasteiger partial charge is 0.280 e. The van der Waals surface area contributed by atoms with E-state index >= 15 is 0 Å². The highest BCUT2D eigenvalue weighted by molar-refractivity contribution is 6.32. The van der Waals surface area contributed by atoms with Gasteiger partial charge in [0.1, 0.15) is 5.75 Å². The predicted octanol–water partition coefficient (Wildman–Crippen LogP) is 4.93. The van der Waals surface area contributed by atoms with Crippen molar-refractivity contribution in [1.29, 1.82) is 0 Å². The molecule has 3 aromatic carbocycles. The van der Waals surface area contributed by atoms with E-state index in [0.29, 0.717) is 24.4 Å². The summed E-state index contributed by atoms with van der Waals surface area (Å²) in [5.74, 6) is 0.604. The van der Waals surface area contributed by atoms with E-state index < -0.39 is 6.10 Å². The number of aromatic nitrogens is 1. The molecule has 1 aliphatic heterocycles. The second kappa shape index (κ2) is 10.1. The molecule has 36 heavy (non-hydrogen) atoms. The Morgan fingerprint density at radius 1 is 1.06 bits per heavy atom. The number of para-hydroxylation sites is 2. The summed E-state index contributed by atoms with van der Waals surface area (Å²) in [6.07, 6.45) is 3.25. The number of fused-ring (bicyclic) bond motifs is 1. The van der Waals surface area contributed by atoms with Crippen LogP contribution in [0, 0.1) is 0 Å². The zero-order chi connectivity index (χ0) is 25.1. The lowest BCUT2D eigenvalue weighted by Crippen LogP contribution is -2.24. The van der Waals surface area contributed by atoms with Crippen LogP contribution in [0.1, 0.15) is 12.5 Å². The van der Waals surface area contributed by atoms with Crippen LogP contribution < -0.4 is 15.1 Å². The highest BCUT2D eigenvalue weighted by atomic mass is 16.5. The number of hydrogen-bond acceptors (Lipinski definition) is 5. The molecule has 182 valence electrons. The van der Waals surface area contributed by atoms with Crippen molar-refractivity contribution in [2.45, 2.75) is 19.6 Å². The number of ether oxygens (including phenoxy) is 1. The number of aliphatic hydroxyl groups is 1. The SMILES string of the molecule is COc1cccc(NC[C@@H](O)Cn2cc(/C=C3/C(=O)N(c4ccccc4)N=C3C)c3ccccc32)c1. The molecule has 0 radical (unpaired) electrons. The van der Waals surface area contributed by atoms with Crippen molar-refractivity contribution in [2.75, 3.05) is 24.0 Å². The molecule has 1 aromatic heterocycles. The molecule has 5 rings (SSSR count). The standard InChI is InChI=1S/C29H28N4O3/c1-20-27(29(35)33(31-20)23-10-4-3-5-11-23)15-21-18-32(28-14-7-6-13-26(21)28)19-24(34)17-30-22-9-8-12-25(16-22)36-2/h3-16,18,24,30,34H,17,19H2,1-2H3/b27-15+/t24-/m1/s1. The van der Waals surface area contributed by atoms with Crippen molar-refractivity contribution in [3.05, 3.63) is 96.2 Å². The Morgan fingerprint density at radius 3 is 2.64 bits per heavy atom. The van der Waals surface area contributed by atoms with Gasteiger partial charge < -0.3 is 19.7 Å². The second-order valence-corrected chi connectivity index (χ2v) is 8.72. The largest absolute Gasteiger partial charge is 0.497 e. The average molecular weight is 481 g/mol. The number of benzene rings is 3. The van der Waals surface area contributed by atoms with E-state index in [1.165, 1.54) is 5.01 Å². The topological polar surface area (TPSA) is 79.1 Å². The Balaban J connectivity index is 1.37. The van der Waals surface area contributed by atoms with E-state index in [0.717, 1.165) is 33.6 Å². The van der Waals surface area contributed by atoms with Gasteiger partial charge in [-0.25, -0.2) is 0 Å². The van der Waals surface area contributed by atoms with Crippen LogP contribution in [0.5, 0.6) is 5.75 Å². The summed E-state index contributed by atoms with van der Waals surface area (Å²) in [7, 11) is 1.63. The average Bonchev–Trinajstić information content (AvgIpc) is 3.40. The lowest BCUT2D eigenvalue weighted by atomic mass is 10.1. The number of hydrogen-bond donors (Lipinski definition) is 2. The number of amides is 1. The fraction of sp³-hybridized carbons (Fsp3) is 0.172. The molecule has 1 amide bonds. The van der Waals surface area contributed by atoms with Gasteiger partial charge in [-0.15, -0.1) is 0 Å². The minimum atomic E-state index is -0.627. The first-order chi connectivity index (χ1) is 17.5. The summed E-state index contributed by atoms with van der Waals surface area (Å²) >= 11 is 0. The van der Waals surface area contributed by atoms with Gasteiger partial charge in [0.25, 0.3) is 5.91 Å². The summed E-state index contributed by atoms with van der Waals surface area (Å²) in [4.78, 5) is 13.2. The molecule has 0 bridgehead atoms. The quantitative estimate of drug-likeness (QED) is 0.351. The number of nitrogens with one attached hydrogen (secondary N) is 1. The van der Waals surface area contributed by atoms with Crippen molar-refractivity contribution < 1.29 is 14.6 Å². The predicted molar refractivity (Wildman–Crippen MR) is 144 cm³/mol. The minimum absolute atomic E-state index is 0.155. The molecule has 0 aliphatic carbocycles. The highest BCUT2D eigenvalue weighted by Crippen LogP contribution is 2.28. The van der Waals surface area contributed by atoms with Gasteiger partial charge in [-0.2, -0.15) is 10.1 Å². The molecule has 0 spiro atoms. The van der Waals surface area contributed by atoms with Crippen molar-refractivity contribution in [3.8, 4) is 5.75 Å². The molecule has 1 atom stereocenters. The molecule has 4 aromatic rings. The third-order valence-electron chi connectivity index (χ3n) is 6.20. The van der Waals surface area contributed by atoms with Gasteiger partial charge in [0.2, 0.25) is 0 Å². The zero-order valence-electron chi connectivity index (χ0n) is 20.3. The van der Waals surface area contributed by atoms with Crippen LogP contribution in [0.2, 0.25) is 0 Å². The van der Waals surface area contributed by atoms with E-state index in [2.05, 4.69) is 10.4 Å². The third kappa shape index (κ3) is 4.74. The fourth-order valence-corrected chi connectivity index (χ4v) is 4.39. The Bertz CT molecular complexity index is 1460. The van der Waals surface area contributed by atoms with Crippen molar-refractivity contribution in [3.63, 3.8) is 0 Å². The van der Waals surface area contributed by atoms with E-state index in [4.69, 9.17) is 4.74 Å². The lowest BCUT2D eigenvalue weighted by molar-refractivity contribution is -0.114. The molecule has 2 heterocycles. The lowest BCUT2D eigenvalue weighted by Gasteiger charge is -2.15. The summed E-state index contributed by atoms with van der Waals surface area (Å²) in [6.45, 7) is 2.63. The maximum Gasteiger partial charge on any atom is 0.280 e. The summed E-state index contributed by atoms with van der Waals surface area (Å²) in [6, 6.07) is 25.0. The Labute approximate surface area is 209 Å². The van der Waals surface area contributed by atoms with E-state index in [1.807, 2.05) is 103 Å². The minimum Gasteiger partial charge on any atom is -0.497 e. The molecule has 2 N–H and O–H groups in total. The number of nitrogens with zero attached hydrogens (tertiary/aromatic N) is 3. The Morgan fingerprint density at radius 2 is 1.83 bits per heavy atom. The molecule has 0 saturated carbocycles. The number of aliphatic hydroxyl groups excluding tert-OH is 1. The molecule has 7 nitrogen and oxygen atoms in total. The van der Waals surface area contributed by atoms with Crippen LogP contribution in [0.15, 0.2) is 95.7 Å². The summed E-state index contributed by atoms with van der Waals surface area (Å²) in [5.41, 5.74) is 4.74.